The standard InChI is InChI=1S/C38H52F3N5O7S/c1-20(2)31(46(6)37(50)33(23-11-12-23)44-35(49)30-10-8-9-13-45(30)5)18-32(53-22(4)47)36-43-29(19-54-36)34(48)42-25(14-21(3)38(51)52-7)17-26-27(40)15-24(39)16-28(26)41/h15-16,19-21,23,25,30-33H,8-14,17-18H2,1-7H3,(H,42,48)(H,44,49)/t21-,25+,30+,31+,32+,33-/m0/s1. The van der Waals surface area contributed by atoms with Crippen LogP contribution < -0.4 is 10.6 Å². The molecule has 2 aliphatic rings. The summed E-state index contributed by atoms with van der Waals surface area (Å²) in [7, 11) is 4.79. The van der Waals surface area contributed by atoms with Crippen LogP contribution in [0.2, 0.25) is 0 Å². The minimum Gasteiger partial charge on any atom is -0.469 e. The van der Waals surface area contributed by atoms with Gasteiger partial charge in [-0.1, -0.05) is 27.2 Å². The Labute approximate surface area is 318 Å². The number of thiazole rings is 1. The first kappa shape index (κ1) is 42.7. The summed E-state index contributed by atoms with van der Waals surface area (Å²) in [5.74, 6) is -6.51. The number of carbonyl (C=O) groups excluding carboxylic acids is 5. The molecule has 1 aromatic heterocycles. The Kier molecular flexibility index (Phi) is 15.0. The number of nitrogens with one attached hydrogen (secondary N) is 2. The second kappa shape index (κ2) is 19.0. The first-order valence-electron chi connectivity index (χ1n) is 18.4. The molecule has 2 aromatic rings. The molecule has 6 atom stereocenters. The highest BCUT2D eigenvalue weighted by molar-refractivity contribution is 7.09. The van der Waals surface area contributed by atoms with E-state index in [-0.39, 0.29) is 53.2 Å². The minimum atomic E-state index is -1.14. The van der Waals surface area contributed by atoms with E-state index in [1.807, 2.05) is 25.8 Å². The lowest BCUT2D eigenvalue weighted by atomic mass is 9.95. The average molecular weight is 780 g/mol. The van der Waals surface area contributed by atoms with Crippen molar-refractivity contribution in [3.05, 3.63) is 51.2 Å². The van der Waals surface area contributed by atoms with E-state index in [1.165, 1.54) is 26.3 Å². The molecule has 0 spiro atoms. The number of ether oxygens (including phenoxy) is 2. The number of amides is 3. The van der Waals surface area contributed by atoms with Gasteiger partial charge in [0, 0.05) is 55.6 Å². The molecule has 0 unspecified atom stereocenters. The highest BCUT2D eigenvalue weighted by Gasteiger charge is 2.42. The largest absolute Gasteiger partial charge is 0.469 e. The zero-order valence-corrected chi connectivity index (χ0v) is 32.8. The first-order valence-corrected chi connectivity index (χ1v) is 19.3. The second-order valence-corrected chi connectivity index (χ2v) is 15.8. The maximum Gasteiger partial charge on any atom is 0.308 e. The summed E-state index contributed by atoms with van der Waals surface area (Å²) in [5.41, 5.74) is -0.534. The van der Waals surface area contributed by atoms with Crippen molar-refractivity contribution < 1.29 is 46.6 Å². The molecule has 0 bridgehead atoms. The molecule has 2 fully saturated rings. The SMILES string of the molecule is COC(=O)[C@@H](C)C[C@H](Cc1c(F)cc(F)cc1F)NC(=O)c1csc([C@@H](C[C@H](C(C)C)N(C)C(=O)[C@@H](NC(=O)[C@H]2CCCCN2C)C2CC2)OC(C)=O)n1. The molecule has 12 nitrogen and oxygen atoms in total. The minimum absolute atomic E-state index is 0.0328. The van der Waals surface area contributed by atoms with Crippen LogP contribution in [0.1, 0.15) is 99.8 Å². The number of carbonyl (C=O) groups is 5. The van der Waals surface area contributed by atoms with E-state index in [0.29, 0.717) is 12.1 Å². The Morgan fingerprint density at radius 1 is 1.02 bits per heavy atom. The molecule has 4 rings (SSSR count). The number of rotatable bonds is 17. The van der Waals surface area contributed by atoms with E-state index in [4.69, 9.17) is 9.47 Å². The number of methoxy groups -OCH3 is 1. The lowest BCUT2D eigenvalue weighted by Gasteiger charge is -2.37. The van der Waals surface area contributed by atoms with E-state index >= 15 is 0 Å². The molecule has 2 N–H and O–H groups in total. The second-order valence-electron chi connectivity index (χ2n) is 14.9. The van der Waals surface area contributed by atoms with Crippen LogP contribution >= 0.6 is 11.3 Å². The summed E-state index contributed by atoms with van der Waals surface area (Å²) in [4.78, 5) is 73.5. The molecule has 298 valence electrons. The average Bonchev–Trinajstić information content (AvgIpc) is 3.83. The van der Waals surface area contributed by atoms with Gasteiger partial charge in [-0.25, -0.2) is 18.2 Å². The highest BCUT2D eigenvalue weighted by atomic mass is 32.1. The number of benzene rings is 1. The van der Waals surface area contributed by atoms with Crippen molar-refractivity contribution in [2.75, 3.05) is 27.7 Å². The summed E-state index contributed by atoms with van der Waals surface area (Å²) >= 11 is 1.06. The number of hydrogen-bond acceptors (Lipinski definition) is 10. The lowest BCUT2D eigenvalue weighted by molar-refractivity contribution is -0.149. The van der Waals surface area contributed by atoms with E-state index in [9.17, 15) is 37.1 Å². The molecule has 1 aliphatic carbocycles. The quantitative estimate of drug-likeness (QED) is 0.213. The van der Waals surface area contributed by atoms with Gasteiger partial charge in [0.2, 0.25) is 11.8 Å². The van der Waals surface area contributed by atoms with Crippen molar-refractivity contribution in [1.29, 1.82) is 0 Å². The Morgan fingerprint density at radius 2 is 1.69 bits per heavy atom. The fourth-order valence-corrected chi connectivity index (χ4v) is 7.92. The van der Waals surface area contributed by atoms with Gasteiger partial charge in [-0.05, 0) is 64.0 Å². The molecule has 1 aromatic carbocycles. The number of likely N-dealkylation sites (N-methyl/N-ethyl adjacent to an activating group) is 2. The Morgan fingerprint density at radius 3 is 2.26 bits per heavy atom. The predicted octanol–water partition coefficient (Wildman–Crippen LogP) is 4.96. The Bertz CT molecular complexity index is 1650. The highest BCUT2D eigenvalue weighted by Crippen LogP contribution is 2.36. The molecule has 3 amide bonds. The number of halogens is 3. The zero-order valence-electron chi connectivity index (χ0n) is 32.0. The van der Waals surface area contributed by atoms with Crippen molar-refractivity contribution in [2.24, 2.45) is 17.8 Å². The number of aromatic nitrogens is 1. The summed E-state index contributed by atoms with van der Waals surface area (Å²) in [6, 6.07) is -1.34. The van der Waals surface area contributed by atoms with E-state index in [2.05, 4.69) is 15.6 Å². The fraction of sp³-hybridized carbons (Fsp3) is 0.632. The summed E-state index contributed by atoms with van der Waals surface area (Å²) in [6.07, 6.45) is 3.10. The molecule has 1 saturated heterocycles. The molecule has 0 radical (unpaired) electrons. The number of piperidine rings is 1. The van der Waals surface area contributed by atoms with Gasteiger partial charge in [-0.15, -0.1) is 11.3 Å². The van der Waals surface area contributed by atoms with E-state index in [0.717, 1.165) is 50.0 Å². The number of esters is 2. The topological polar surface area (TPSA) is 147 Å². The molecular formula is C38H52F3N5O7S. The van der Waals surface area contributed by atoms with Gasteiger partial charge in [-0.3, -0.25) is 28.9 Å². The Hall–Kier alpha value is -4.05. The van der Waals surface area contributed by atoms with Crippen molar-refractivity contribution in [3.63, 3.8) is 0 Å². The molecule has 16 heteroatoms. The van der Waals surface area contributed by atoms with Gasteiger partial charge >= 0.3 is 11.9 Å². The molecular weight excluding hydrogens is 728 g/mol. The van der Waals surface area contributed by atoms with Crippen LogP contribution in [-0.4, -0.2) is 96.4 Å². The summed E-state index contributed by atoms with van der Waals surface area (Å²) in [5, 5.41) is 7.47. The third-order valence-electron chi connectivity index (χ3n) is 10.3. The van der Waals surface area contributed by atoms with Crippen LogP contribution in [-0.2, 0) is 35.1 Å². The molecule has 1 saturated carbocycles. The van der Waals surface area contributed by atoms with Crippen LogP contribution in [0.4, 0.5) is 13.2 Å². The van der Waals surface area contributed by atoms with Crippen molar-refractivity contribution in [3.8, 4) is 0 Å². The van der Waals surface area contributed by atoms with Gasteiger partial charge in [0.05, 0.1) is 19.1 Å². The maximum absolute atomic E-state index is 14.6. The summed E-state index contributed by atoms with van der Waals surface area (Å²) < 4.78 is 53.3. The van der Waals surface area contributed by atoms with Crippen molar-refractivity contribution in [1.82, 2.24) is 25.4 Å². The number of nitrogens with zero attached hydrogens (tertiary/aromatic N) is 3. The maximum atomic E-state index is 14.6. The van der Waals surface area contributed by atoms with Crippen LogP contribution in [0, 0.1) is 35.2 Å². The van der Waals surface area contributed by atoms with Gasteiger partial charge in [0.15, 0.2) is 6.10 Å². The predicted molar refractivity (Wildman–Crippen MR) is 195 cm³/mol. The van der Waals surface area contributed by atoms with Crippen LogP contribution in [0.3, 0.4) is 0 Å². The Balaban J connectivity index is 1.52. The van der Waals surface area contributed by atoms with Crippen LogP contribution in [0.5, 0.6) is 0 Å². The normalized spacial score (nSPS) is 18.9. The lowest BCUT2D eigenvalue weighted by Crippen LogP contribution is -2.56. The van der Waals surface area contributed by atoms with E-state index < -0.39 is 77.4 Å². The van der Waals surface area contributed by atoms with Crippen LogP contribution in [0.15, 0.2) is 17.5 Å². The van der Waals surface area contributed by atoms with Gasteiger partial charge < -0.3 is 25.0 Å². The number of likely N-dealkylation sites (tertiary alicyclic amines) is 1. The van der Waals surface area contributed by atoms with Crippen molar-refractivity contribution >= 4 is 41.0 Å². The third kappa shape index (κ3) is 11.2. The summed E-state index contributed by atoms with van der Waals surface area (Å²) in [6.45, 7) is 7.47. The first-order chi connectivity index (χ1) is 25.5. The fourth-order valence-electron chi connectivity index (χ4n) is 7.08. The van der Waals surface area contributed by atoms with Gasteiger partial charge in [0.25, 0.3) is 5.91 Å². The van der Waals surface area contributed by atoms with Gasteiger partial charge in [0.1, 0.15) is 34.2 Å². The monoisotopic (exact) mass is 779 g/mol. The smallest absolute Gasteiger partial charge is 0.308 e. The molecule has 1 aliphatic heterocycles. The van der Waals surface area contributed by atoms with Crippen molar-refractivity contribution in [2.45, 2.75) is 109 Å². The third-order valence-corrected chi connectivity index (χ3v) is 11.2. The molecule has 54 heavy (non-hydrogen) atoms. The molecule has 2 heterocycles. The van der Waals surface area contributed by atoms with E-state index in [1.54, 1.807) is 11.9 Å². The van der Waals surface area contributed by atoms with Gasteiger partial charge in [-0.2, -0.15) is 0 Å². The zero-order chi connectivity index (χ0) is 39.9. The van der Waals surface area contributed by atoms with Crippen LogP contribution in [0.25, 0.3) is 0 Å². The number of hydrogen-bond donors (Lipinski definition) is 2.